The molecule has 1 aromatic carbocycles. The lowest BCUT2D eigenvalue weighted by Gasteiger charge is -2.35. The third kappa shape index (κ3) is 4.37. The van der Waals surface area contributed by atoms with E-state index in [0.717, 1.165) is 31.1 Å². The number of ether oxygens (including phenoxy) is 3. The van der Waals surface area contributed by atoms with Crippen LogP contribution in [0.15, 0.2) is 24.3 Å². The van der Waals surface area contributed by atoms with Gasteiger partial charge >= 0.3 is 0 Å². The van der Waals surface area contributed by atoms with E-state index in [1.165, 1.54) is 0 Å². The summed E-state index contributed by atoms with van der Waals surface area (Å²) < 4.78 is 16.4. The zero-order valence-corrected chi connectivity index (χ0v) is 12.1. The van der Waals surface area contributed by atoms with Gasteiger partial charge in [0, 0.05) is 19.6 Å². The number of hydrogen-bond acceptors (Lipinski definition) is 5. The fourth-order valence-electron chi connectivity index (χ4n) is 2.39. The van der Waals surface area contributed by atoms with Crippen molar-refractivity contribution in [2.75, 3.05) is 40.0 Å². The van der Waals surface area contributed by atoms with Crippen LogP contribution in [0.4, 0.5) is 0 Å². The van der Waals surface area contributed by atoms with Gasteiger partial charge in [0.1, 0.15) is 18.1 Å². The molecule has 1 N–H and O–H groups in total. The summed E-state index contributed by atoms with van der Waals surface area (Å²) in [5.41, 5.74) is 0. The molecule has 1 aliphatic heterocycles. The molecule has 1 aromatic rings. The Labute approximate surface area is 120 Å². The van der Waals surface area contributed by atoms with Gasteiger partial charge in [-0.3, -0.25) is 4.90 Å². The number of hydrogen-bond donors (Lipinski definition) is 1. The third-order valence-corrected chi connectivity index (χ3v) is 3.34. The van der Waals surface area contributed by atoms with Gasteiger partial charge in [-0.05, 0) is 31.2 Å². The minimum Gasteiger partial charge on any atom is -0.497 e. The van der Waals surface area contributed by atoms with Crippen LogP contribution >= 0.6 is 0 Å². The number of aliphatic hydroxyl groups excluding tert-OH is 1. The first-order valence-electron chi connectivity index (χ1n) is 6.96. The molecule has 0 amide bonds. The maximum Gasteiger partial charge on any atom is 0.119 e. The van der Waals surface area contributed by atoms with Gasteiger partial charge < -0.3 is 19.3 Å². The first kappa shape index (κ1) is 15.1. The van der Waals surface area contributed by atoms with Gasteiger partial charge in [-0.1, -0.05) is 0 Å². The number of methoxy groups -OCH3 is 1. The molecule has 0 saturated carbocycles. The molecular formula is C15H23NO4. The zero-order valence-electron chi connectivity index (χ0n) is 12.1. The van der Waals surface area contributed by atoms with E-state index >= 15 is 0 Å². The number of benzene rings is 1. The fraction of sp³-hybridized carbons (Fsp3) is 0.600. The Morgan fingerprint density at radius 2 is 1.95 bits per heavy atom. The van der Waals surface area contributed by atoms with E-state index in [2.05, 4.69) is 4.90 Å². The van der Waals surface area contributed by atoms with Gasteiger partial charge in [0.2, 0.25) is 0 Å². The van der Waals surface area contributed by atoms with Crippen molar-refractivity contribution < 1.29 is 19.3 Å². The Morgan fingerprint density at radius 3 is 2.60 bits per heavy atom. The molecule has 0 aromatic heterocycles. The molecule has 0 spiro atoms. The zero-order chi connectivity index (χ0) is 14.4. The highest BCUT2D eigenvalue weighted by Gasteiger charge is 2.24. The van der Waals surface area contributed by atoms with E-state index < -0.39 is 0 Å². The van der Waals surface area contributed by atoms with Crippen LogP contribution in [0.1, 0.15) is 6.92 Å². The minimum absolute atomic E-state index is 0.0696. The Balaban J connectivity index is 1.74. The van der Waals surface area contributed by atoms with E-state index in [1.54, 1.807) is 7.11 Å². The standard InChI is InChI=1S/C15H23NO4/c1-12-9-16(10-15(11-17)20-12)7-8-19-14-5-3-13(18-2)4-6-14/h3-6,12,15,17H,7-11H2,1-2H3. The van der Waals surface area contributed by atoms with Gasteiger partial charge in [-0.25, -0.2) is 0 Å². The molecule has 1 saturated heterocycles. The molecule has 112 valence electrons. The van der Waals surface area contributed by atoms with Crippen LogP contribution in [0.5, 0.6) is 11.5 Å². The molecule has 0 bridgehead atoms. The second kappa shape index (κ2) is 7.47. The van der Waals surface area contributed by atoms with Crippen LogP contribution in [-0.4, -0.2) is 62.2 Å². The van der Waals surface area contributed by atoms with Crippen molar-refractivity contribution in [1.29, 1.82) is 0 Å². The highest BCUT2D eigenvalue weighted by molar-refractivity contribution is 5.31. The predicted molar refractivity (Wildman–Crippen MR) is 76.3 cm³/mol. The summed E-state index contributed by atoms with van der Waals surface area (Å²) >= 11 is 0. The van der Waals surface area contributed by atoms with Crippen LogP contribution in [0.3, 0.4) is 0 Å². The molecule has 1 aliphatic rings. The van der Waals surface area contributed by atoms with Crippen LogP contribution in [0.25, 0.3) is 0 Å². The molecular weight excluding hydrogens is 258 g/mol. The first-order valence-corrected chi connectivity index (χ1v) is 6.96. The monoisotopic (exact) mass is 281 g/mol. The van der Waals surface area contributed by atoms with Gasteiger partial charge in [0.25, 0.3) is 0 Å². The maximum absolute atomic E-state index is 9.18. The Bertz CT molecular complexity index is 395. The molecule has 20 heavy (non-hydrogen) atoms. The van der Waals surface area contributed by atoms with Crippen molar-refractivity contribution in [3.63, 3.8) is 0 Å². The second-order valence-electron chi connectivity index (χ2n) is 5.03. The van der Waals surface area contributed by atoms with Gasteiger partial charge in [-0.2, -0.15) is 0 Å². The van der Waals surface area contributed by atoms with E-state index in [1.807, 2.05) is 31.2 Å². The van der Waals surface area contributed by atoms with Crippen molar-refractivity contribution in [3.8, 4) is 11.5 Å². The van der Waals surface area contributed by atoms with E-state index in [-0.39, 0.29) is 18.8 Å². The molecule has 0 radical (unpaired) electrons. The summed E-state index contributed by atoms with van der Waals surface area (Å²) in [4.78, 5) is 2.26. The van der Waals surface area contributed by atoms with Crippen LogP contribution in [-0.2, 0) is 4.74 Å². The third-order valence-electron chi connectivity index (χ3n) is 3.34. The number of morpholine rings is 1. The van der Waals surface area contributed by atoms with E-state index in [9.17, 15) is 5.11 Å². The molecule has 1 heterocycles. The average molecular weight is 281 g/mol. The van der Waals surface area contributed by atoms with Crippen molar-refractivity contribution in [1.82, 2.24) is 4.90 Å². The maximum atomic E-state index is 9.18. The van der Waals surface area contributed by atoms with Crippen LogP contribution < -0.4 is 9.47 Å². The SMILES string of the molecule is COc1ccc(OCCN2CC(C)OC(CO)C2)cc1. The lowest BCUT2D eigenvalue weighted by atomic mass is 10.2. The summed E-state index contributed by atoms with van der Waals surface area (Å²) in [6, 6.07) is 7.57. The largest absolute Gasteiger partial charge is 0.497 e. The Morgan fingerprint density at radius 1 is 1.25 bits per heavy atom. The smallest absolute Gasteiger partial charge is 0.119 e. The summed E-state index contributed by atoms with van der Waals surface area (Å²) in [5.74, 6) is 1.66. The lowest BCUT2D eigenvalue weighted by Crippen LogP contribution is -2.49. The Kier molecular flexibility index (Phi) is 5.64. The average Bonchev–Trinajstić information content (AvgIpc) is 2.47. The fourth-order valence-corrected chi connectivity index (χ4v) is 2.39. The molecule has 2 atom stereocenters. The molecule has 5 nitrogen and oxygen atoms in total. The lowest BCUT2D eigenvalue weighted by molar-refractivity contribution is -0.0965. The Hall–Kier alpha value is -1.30. The van der Waals surface area contributed by atoms with Crippen LogP contribution in [0.2, 0.25) is 0 Å². The normalized spacial score (nSPS) is 23.6. The van der Waals surface area contributed by atoms with Crippen molar-refractivity contribution in [2.24, 2.45) is 0 Å². The number of rotatable bonds is 6. The molecule has 2 rings (SSSR count). The first-order chi connectivity index (χ1) is 9.71. The van der Waals surface area contributed by atoms with Gasteiger partial charge in [-0.15, -0.1) is 0 Å². The minimum atomic E-state index is -0.0836. The quantitative estimate of drug-likeness (QED) is 0.848. The molecule has 0 aliphatic carbocycles. The molecule has 2 unspecified atom stereocenters. The second-order valence-corrected chi connectivity index (χ2v) is 5.03. The number of nitrogens with zero attached hydrogens (tertiary/aromatic N) is 1. The summed E-state index contributed by atoms with van der Waals surface area (Å²) in [6.45, 7) is 5.18. The highest BCUT2D eigenvalue weighted by atomic mass is 16.5. The van der Waals surface area contributed by atoms with E-state index in [4.69, 9.17) is 14.2 Å². The summed E-state index contributed by atoms with van der Waals surface area (Å²) in [7, 11) is 1.65. The van der Waals surface area contributed by atoms with Crippen molar-refractivity contribution >= 4 is 0 Å². The number of aliphatic hydroxyl groups is 1. The van der Waals surface area contributed by atoms with Crippen molar-refractivity contribution in [3.05, 3.63) is 24.3 Å². The predicted octanol–water partition coefficient (Wildman–Crippen LogP) is 1.16. The summed E-state index contributed by atoms with van der Waals surface area (Å²) in [5, 5.41) is 9.18. The molecule has 1 fully saturated rings. The molecule has 5 heteroatoms. The summed E-state index contributed by atoms with van der Waals surface area (Å²) in [6.07, 6.45) is 0.0709. The van der Waals surface area contributed by atoms with Crippen LogP contribution in [0, 0.1) is 0 Å². The van der Waals surface area contributed by atoms with Gasteiger partial charge in [0.15, 0.2) is 0 Å². The van der Waals surface area contributed by atoms with Gasteiger partial charge in [0.05, 0.1) is 25.9 Å². The van der Waals surface area contributed by atoms with Crippen molar-refractivity contribution in [2.45, 2.75) is 19.1 Å². The van der Waals surface area contributed by atoms with E-state index in [0.29, 0.717) is 6.61 Å². The highest BCUT2D eigenvalue weighted by Crippen LogP contribution is 2.17. The topological polar surface area (TPSA) is 51.2 Å².